The number of nitrogens with zero attached hydrogens (tertiary/aromatic N) is 4. The van der Waals surface area contributed by atoms with Crippen molar-refractivity contribution in [2.75, 3.05) is 6.54 Å². The maximum absolute atomic E-state index is 8.80. The van der Waals surface area contributed by atoms with Gasteiger partial charge in [0.05, 0.1) is 5.69 Å². The lowest BCUT2D eigenvalue weighted by molar-refractivity contribution is 0.551. The maximum Gasteiger partial charge on any atom is 0.252 e. The van der Waals surface area contributed by atoms with Crippen molar-refractivity contribution < 1.29 is 0 Å². The van der Waals surface area contributed by atoms with E-state index in [2.05, 4.69) is 29.2 Å². The second-order valence-electron chi connectivity index (χ2n) is 4.92. The van der Waals surface area contributed by atoms with E-state index in [0.29, 0.717) is 17.5 Å². The number of rotatable bonds is 5. The van der Waals surface area contributed by atoms with Gasteiger partial charge in [-0.25, -0.2) is 9.67 Å². The molecule has 0 fully saturated rings. The van der Waals surface area contributed by atoms with Crippen molar-refractivity contribution >= 4 is 11.6 Å². The van der Waals surface area contributed by atoms with Crippen molar-refractivity contribution in [1.82, 2.24) is 20.1 Å². The highest BCUT2D eigenvalue weighted by atomic mass is 35.5. The molecule has 20 heavy (non-hydrogen) atoms. The van der Waals surface area contributed by atoms with E-state index >= 15 is 0 Å². The zero-order chi connectivity index (χ0) is 14.5. The Bertz CT molecular complexity index is 627. The largest absolute Gasteiger partial charge is 0.312 e. The second kappa shape index (κ2) is 6.51. The highest BCUT2D eigenvalue weighted by Crippen LogP contribution is 2.19. The molecule has 0 saturated carbocycles. The van der Waals surface area contributed by atoms with E-state index in [1.807, 2.05) is 24.3 Å². The van der Waals surface area contributed by atoms with Gasteiger partial charge >= 0.3 is 0 Å². The molecule has 0 atom stereocenters. The van der Waals surface area contributed by atoms with Crippen LogP contribution in [0, 0.1) is 17.2 Å². The van der Waals surface area contributed by atoms with Crippen LogP contribution in [0.4, 0.5) is 0 Å². The van der Waals surface area contributed by atoms with Gasteiger partial charge in [-0.1, -0.05) is 31.5 Å². The predicted octanol–water partition coefficient (Wildman–Crippen LogP) is 2.54. The van der Waals surface area contributed by atoms with Gasteiger partial charge in [0.15, 0.2) is 0 Å². The summed E-state index contributed by atoms with van der Waals surface area (Å²) in [5, 5.41) is 16.9. The molecule has 0 saturated heterocycles. The van der Waals surface area contributed by atoms with E-state index in [1.54, 1.807) is 4.68 Å². The Kier molecular flexibility index (Phi) is 4.72. The normalized spacial score (nSPS) is 10.8. The van der Waals surface area contributed by atoms with Crippen molar-refractivity contribution in [3.8, 4) is 11.8 Å². The lowest BCUT2D eigenvalue weighted by Crippen LogP contribution is -2.20. The molecule has 0 amide bonds. The highest BCUT2D eigenvalue weighted by molar-refractivity contribution is 6.30. The lowest BCUT2D eigenvalue weighted by atomic mass is 10.1. The first-order valence-electron chi connectivity index (χ1n) is 6.41. The number of halogens is 1. The summed E-state index contributed by atoms with van der Waals surface area (Å²) in [6.45, 7) is 5.97. The standard InChI is InChI=1S/C14H16ClN5/c1-10(2)7-17-8-11-3-4-12(15)5-13(11)20-9-18-14(6-16)19-20/h3-5,9-10,17H,7-8H2,1-2H3. The minimum atomic E-state index is 0.145. The number of aromatic nitrogens is 3. The molecule has 2 rings (SSSR count). The zero-order valence-electron chi connectivity index (χ0n) is 11.5. The fraction of sp³-hybridized carbons (Fsp3) is 0.357. The summed E-state index contributed by atoms with van der Waals surface area (Å²) in [5.74, 6) is 0.730. The van der Waals surface area contributed by atoms with Crippen molar-refractivity contribution in [2.45, 2.75) is 20.4 Å². The van der Waals surface area contributed by atoms with E-state index in [0.717, 1.165) is 17.8 Å². The van der Waals surface area contributed by atoms with Crippen molar-refractivity contribution in [3.05, 3.63) is 40.9 Å². The topological polar surface area (TPSA) is 66.5 Å². The van der Waals surface area contributed by atoms with Crippen LogP contribution in [-0.4, -0.2) is 21.3 Å². The molecule has 0 aliphatic rings. The third-order valence-electron chi connectivity index (χ3n) is 2.75. The average molecular weight is 290 g/mol. The van der Waals surface area contributed by atoms with E-state index in [1.165, 1.54) is 6.33 Å². The Hall–Kier alpha value is -1.90. The Balaban J connectivity index is 2.26. The summed E-state index contributed by atoms with van der Waals surface area (Å²) in [4.78, 5) is 3.92. The van der Waals surface area contributed by atoms with Crippen molar-refractivity contribution in [1.29, 1.82) is 5.26 Å². The Morgan fingerprint density at radius 1 is 1.45 bits per heavy atom. The van der Waals surface area contributed by atoms with Gasteiger partial charge in [0.1, 0.15) is 12.4 Å². The summed E-state index contributed by atoms with van der Waals surface area (Å²) >= 11 is 6.04. The number of nitrogens with one attached hydrogen (secondary N) is 1. The summed E-state index contributed by atoms with van der Waals surface area (Å²) in [5.41, 5.74) is 1.90. The van der Waals surface area contributed by atoms with Crippen LogP contribution in [0.2, 0.25) is 5.02 Å². The monoisotopic (exact) mass is 289 g/mol. The quantitative estimate of drug-likeness (QED) is 0.918. The van der Waals surface area contributed by atoms with Crippen molar-refractivity contribution in [2.24, 2.45) is 5.92 Å². The van der Waals surface area contributed by atoms with E-state index in [-0.39, 0.29) is 5.82 Å². The van der Waals surface area contributed by atoms with E-state index < -0.39 is 0 Å². The molecular weight excluding hydrogens is 274 g/mol. The van der Waals surface area contributed by atoms with Gasteiger partial charge in [0.2, 0.25) is 0 Å². The van der Waals surface area contributed by atoms with Crippen LogP contribution >= 0.6 is 11.6 Å². The molecule has 0 spiro atoms. The SMILES string of the molecule is CC(C)CNCc1ccc(Cl)cc1-n1cnc(C#N)n1. The molecule has 104 valence electrons. The fourth-order valence-corrected chi connectivity index (χ4v) is 1.99. The molecule has 1 N–H and O–H groups in total. The maximum atomic E-state index is 8.80. The van der Waals surface area contributed by atoms with Gasteiger partial charge in [-0.15, -0.1) is 5.10 Å². The van der Waals surface area contributed by atoms with Crippen LogP contribution in [0.1, 0.15) is 25.2 Å². The van der Waals surface area contributed by atoms with Gasteiger partial charge in [-0.05, 0) is 30.2 Å². The minimum absolute atomic E-state index is 0.145. The van der Waals surface area contributed by atoms with Crippen LogP contribution in [0.5, 0.6) is 0 Å². The molecule has 5 nitrogen and oxygen atoms in total. The third kappa shape index (κ3) is 3.56. The summed E-state index contributed by atoms with van der Waals surface area (Å²) in [6, 6.07) is 7.54. The first-order valence-corrected chi connectivity index (χ1v) is 6.79. The van der Waals surface area contributed by atoms with Crippen LogP contribution in [0.3, 0.4) is 0 Å². The fourth-order valence-electron chi connectivity index (χ4n) is 1.83. The van der Waals surface area contributed by atoms with Crippen LogP contribution in [-0.2, 0) is 6.54 Å². The molecule has 0 aliphatic heterocycles. The molecule has 6 heteroatoms. The number of hydrogen-bond donors (Lipinski definition) is 1. The molecule has 0 bridgehead atoms. The molecular formula is C14H16ClN5. The third-order valence-corrected chi connectivity index (χ3v) is 2.99. The number of nitriles is 1. The molecule has 1 aromatic heterocycles. The molecule has 1 heterocycles. The molecule has 0 unspecified atom stereocenters. The summed E-state index contributed by atoms with van der Waals surface area (Å²) in [6.07, 6.45) is 1.52. The highest BCUT2D eigenvalue weighted by Gasteiger charge is 2.08. The molecule has 0 aliphatic carbocycles. The van der Waals surface area contributed by atoms with Crippen LogP contribution < -0.4 is 5.32 Å². The van der Waals surface area contributed by atoms with Gasteiger partial charge in [0.25, 0.3) is 5.82 Å². The Labute approximate surface area is 123 Å². The Morgan fingerprint density at radius 3 is 2.90 bits per heavy atom. The Morgan fingerprint density at radius 2 is 2.25 bits per heavy atom. The molecule has 1 aromatic carbocycles. The van der Waals surface area contributed by atoms with Gasteiger partial charge in [0, 0.05) is 11.6 Å². The van der Waals surface area contributed by atoms with Gasteiger partial charge in [-0.2, -0.15) is 5.26 Å². The lowest BCUT2D eigenvalue weighted by Gasteiger charge is -2.12. The first-order chi connectivity index (χ1) is 9.60. The first kappa shape index (κ1) is 14.5. The predicted molar refractivity (Wildman–Crippen MR) is 77.6 cm³/mol. The minimum Gasteiger partial charge on any atom is -0.312 e. The van der Waals surface area contributed by atoms with Crippen molar-refractivity contribution in [3.63, 3.8) is 0 Å². The zero-order valence-corrected chi connectivity index (χ0v) is 12.2. The molecule has 0 radical (unpaired) electrons. The van der Waals surface area contributed by atoms with Crippen LogP contribution in [0.15, 0.2) is 24.5 Å². The molecule has 2 aromatic rings. The number of benzene rings is 1. The van der Waals surface area contributed by atoms with Gasteiger partial charge in [-0.3, -0.25) is 0 Å². The van der Waals surface area contributed by atoms with Gasteiger partial charge < -0.3 is 5.32 Å². The summed E-state index contributed by atoms with van der Waals surface area (Å²) in [7, 11) is 0. The van der Waals surface area contributed by atoms with E-state index in [4.69, 9.17) is 16.9 Å². The number of hydrogen-bond acceptors (Lipinski definition) is 4. The van der Waals surface area contributed by atoms with Crippen LogP contribution in [0.25, 0.3) is 5.69 Å². The smallest absolute Gasteiger partial charge is 0.252 e. The summed E-state index contributed by atoms with van der Waals surface area (Å²) < 4.78 is 1.58. The second-order valence-corrected chi connectivity index (χ2v) is 5.36. The average Bonchev–Trinajstić information content (AvgIpc) is 2.88. The van der Waals surface area contributed by atoms with E-state index in [9.17, 15) is 0 Å².